The van der Waals surface area contributed by atoms with Gasteiger partial charge < -0.3 is 10.2 Å². The van der Waals surface area contributed by atoms with Gasteiger partial charge in [0, 0.05) is 25.2 Å². The highest BCUT2D eigenvalue weighted by atomic mass is 16.1. The Morgan fingerprint density at radius 1 is 1.22 bits per heavy atom. The second-order valence-corrected chi connectivity index (χ2v) is 6.65. The lowest BCUT2D eigenvalue weighted by atomic mass is 9.93. The maximum Gasteiger partial charge on any atom is 0.220 e. The molecule has 1 N–H and O–H groups in total. The van der Waals surface area contributed by atoms with E-state index >= 15 is 0 Å². The highest BCUT2D eigenvalue weighted by molar-refractivity contribution is 5.76. The molecule has 1 aliphatic heterocycles. The van der Waals surface area contributed by atoms with E-state index in [-0.39, 0.29) is 5.91 Å². The molecule has 1 aliphatic rings. The summed E-state index contributed by atoms with van der Waals surface area (Å²) in [5.74, 6) is 0.766. The second kappa shape index (κ2) is 8.48. The Hall–Kier alpha value is -1.36. The molecular weight excluding hydrogens is 288 g/mol. The summed E-state index contributed by atoms with van der Waals surface area (Å²) in [6.45, 7) is 13.5. The number of aryl methyl sites for hydroxylation is 2. The van der Waals surface area contributed by atoms with Gasteiger partial charge in [-0.05, 0) is 71.1 Å². The first-order valence-electron chi connectivity index (χ1n) is 9.07. The van der Waals surface area contributed by atoms with Crippen LogP contribution in [0.2, 0.25) is 0 Å². The fourth-order valence-electron chi connectivity index (χ4n) is 3.57. The normalized spacial score (nSPS) is 16.7. The van der Waals surface area contributed by atoms with Gasteiger partial charge in [0.25, 0.3) is 0 Å². The first-order valence-corrected chi connectivity index (χ1v) is 9.07. The van der Waals surface area contributed by atoms with Crippen LogP contribution in [0.4, 0.5) is 0 Å². The SMILES string of the molecule is CCN1CCC(CC(=O)NCCc2c(C)nn(CC)c2C)CC1. The van der Waals surface area contributed by atoms with Crippen LogP contribution in [0.25, 0.3) is 0 Å². The van der Waals surface area contributed by atoms with Crippen molar-refractivity contribution in [1.82, 2.24) is 20.0 Å². The third kappa shape index (κ3) is 4.80. The lowest BCUT2D eigenvalue weighted by Crippen LogP contribution is -2.36. The van der Waals surface area contributed by atoms with Gasteiger partial charge in [-0.15, -0.1) is 0 Å². The molecule has 0 radical (unpaired) electrons. The molecule has 1 fully saturated rings. The monoisotopic (exact) mass is 320 g/mol. The molecule has 1 aromatic heterocycles. The fraction of sp³-hybridized carbons (Fsp3) is 0.778. The van der Waals surface area contributed by atoms with E-state index in [4.69, 9.17) is 0 Å². The molecule has 130 valence electrons. The minimum Gasteiger partial charge on any atom is -0.356 e. The van der Waals surface area contributed by atoms with Crippen LogP contribution in [0, 0.1) is 19.8 Å². The number of aromatic nitrogens is 2. The van der Waals surface area contributed by atoms with E-state index in [1.165, 1.54) is 11.3 Å². The molecule has 23 heavy (non-hydrogen) atoms. The molecule has 0 spiro atoms. The lowest BCUT2D eigenvalue weighted by molar-refractivity contribution is -0.122. The summed E-state index contributed by atoms with van der Waals surface area (Å²) in [6, 6.07) is 0. The summed E-state index contributed by atoms with van der Waals surface area (Å²) < 4.78 is 2.04. The molecule has 5 heteroatoms. The average Bonchev–Trinajstić information content (AvgIpc) is 2.83. The quantitative estimate of drug-likeness (QED) is 0.839. The van der Waals surface area contributed by atoms with Crippen molar-refractivity contribution in [2.75, 3.05) is 26.2 Å². The number of likely N-dealkylation sites (tertiary alicyclic amines) is 1. The number of carbonyl (C=O) groups is 1. The standard InChI is InChI=1S/C18H32N4O/c1-5-21-11-8-16(9-12-21)13-18(23)19-10-7-17-14(3)20-22(6-2)15(17)4/h16H,5-13H2,1-4H3,(H,19,23). The van der Waals surface area contributed by atoms with Crippen LogP contribution in [0.3, 0.4) is 0 Å². The Morgan fingerprint density at radius 3 is 2.48 bits per heavy atom. The first-order chi connectivity index (χ1) is 11.0. The highest BCUT2D eigenvalue weighted by Crippen LogP contribution is 2.20. The first kappa shape index (κ1) is 18.0. The highest BCUT2D eigenvalue weighted by Gasteiger charge is 2.20. The predicted octanol–water partition coefficient (Wildman–Crippen LogP) is 2.30. The summed E-state index contributed by atoms with van der Waals surface area (Å²) in [5.41, 5.74) is 3.60. The van der Waals surface area contributed by atoms with E-state index in [1.54, 1.807) is 0 Å². The van der Waals surface area contributed by atoms with Crippen molar-refractivity contribution in [1.29, 1.82) is 0 Å². The third-order valence-electron chi connectivity index (χ3n) is 5.16. The Bertz CT molecular complexity index is 515. The minimum absolute atomic E-state index is 0.207. The van der Waals surface area contributed by atoms with Gasteiger partial charge in [0.2, 0.25) is 5.91 Å². The Kier molecular flexibility index (Phi) is 6.63. The van der Waals surface area contributed by atoms with E-state index in [1.807, 2.05) is 4.68 Å². The van der Waals surface area contributed by atoms with E-state index in [0.717, 1.165) is 51.1 Å². The van der Waals surface area contributed by atoms with Gasteiger partial charge in [0.05, 0.1) is 5.69 Å². The Labute approximate surface area is 140 Å². The summed E-state index contributed by atoms with van der Waals surface area (Å²) in [7, 11) is 0. The third-order valence-corrected chi connectivity index (χ3v) is 5.16. The molecule has 0 atom stereocenters. The van der Waals surface area contributed by atoms with Crippen LogP contribution in [0.15, 0.2) is 0 Å². The number of hydrogen-bond donors (Lipinski definition) is 1. The van der Waals surface area contributed by atoms with Crippen LogP contribution in [-0.2, 0) is 17.8 Å². The van der Waals surface area contributed by atoms with Crippen LogP contribution in [0.1, 0.15) is 50.1 Å². The maximum absolute atomic E-state index is 12.1. The molecule has 2 rings (SSSR count). The summed E-state index contributed by atoms with van der Waals surface area (Å²) in [5, 5.41) is 7.63. The number of nitrogens with zero attached hydrogens (tertiary/aromatic N) is 3. The minimum atomic E-state index is 0.207. The molecule has 0 aromatic carbocycles. The van der Waals surface area contributed by atoms with Gasteiger partial charge in [-0.25, -0.2) is 0 Å². The number of nitrogens with one attached hydrogen (secondary N) is 1. The van der Waals surface area contributed by atoms with Gasteiger partial charge in [-0.2, -0.15) is 5.10 Å². The summed E-state index contributed by atoms with van der Waals surface area (Å²) >= 11 is 0. The zero-order chi connectivity index (χ0) is 16.8. The van der Waals surface area contributed by atoms with Gasteiger partial charge >= 0.3 is 0 Å². The van der Waals surface area contributed by atoms with Crippen molar-refractivity contribution in [2.24, 2.45) is 5.92 Å². The van der Waals surface area contributed by atoms with Crippen molar-refractivity contribution >= 4 is 5.91 Å². The van der Waals surface area contributed by atoms with Gasteiger partial charge in [0.1, 0.15) is 0 Å². The number of carbonyl (C=O) groups excluding carboxylic acids is 1. The number of rotatable bonds is 7. The summed E-state index contributed by atoms with van der Waals surface area (Å²) in [4.78, 5) is 14.6. The van der Waals surface area contributed by atoms with Crippen LogP contribution in [0.5, 0.6) is 0 Å². The fourth-order valence-corrected chi connectivity index (χ4v) is 3.57. The van der Waals surface area contributed by atoms with E-state index in [0.29, 0.717) is 18.9 Å². The molecular formula is C18H32N4O. The summed E-state index contributed by atoms with van der Waals surface area (Å²) in [6.07, 6.45) is 3.87. The largest absolute Gasteiger partial charge is 0.356 e. The molecule has 0 bridgehead atoms. The van der Waals surface area contributed by atoms with Gasteiger partial charge in [-0.1, -0.05) is 6.92 Å². The molecule has 0 unspecified atom stereocenters. The van der Waals surface area contributed by atoms with Crippen molar-refractivity contribution in [2.45, 2.75) is 59.9 Å². The average molecular weight is 320 g/mol. The van der Waals surface area contributed by atoms with Crippen molar-refractivity contribution in [3.05, 3.63) is 17.0 Å². The molecule has 5 nitrogen and oxygen atoms in total. The predicted molar refractivity (Wildman–Crippen MR) is 93.5 cm³/mol. The Morgan fingerprint density at radius 2 is 1.91 bits per heavy atom. The zero-order valence-electron chi connectivity index (χ0n) is 15.2. The topological polar surface area (TPSA) is 50.2 Å². The number of piperidine rings is 1. The van der Waals surface area contributed by atoms with E-state index in [2.05, 4.69) is 43.0 Å². The number of hydrogen-bond acceptors (Lipinski definition) is 3. The molecule has 0 aliphatic carbocycles. The van der Waals surface area contributed by atoms with Crippen LogP contribution >= 0.6 is 0 Å². The van der Waals surface area contributed by atoms with E-state index < -0.39 is 0 Å². The maximum atomic E-state index is 12.1. The number of amides is 1. The van der Waals surface area contributed by atoms with Crippen LogP contribution < -0.4 is 5.32 Å². The smallest absolute Gasteiger partial charge is 0.220 e. The molecule has 1 aromatic rings. The lowest BCUT2D eigenvalue weighted by Gasteiger charge is -2.30. The van der Waals surface area contributed by atoms with E-state index in [9.17, 15) is 4.79 Å². The molecule has 1 amide bonds. The van der Waals surface area contributed by atoms with Gasteiger partial charge in [-0.3, -0.25) is 9.48 Å². The Balaban J connectivity index is 1.72. The van der Waals surface area contributed by atoms with Crippen molar-refractivity contribution in [3.8, 4) is 0 Å². The van der Waals surface area contributed by atoms with Gasteiger partial charge in [0.15, 0.2) is 0 Å². The molecule has 1 saturated heterocycles. The zero-order valence-corrected chi connectivity index (χ0v) is 15.2. The van der Waals surface area contributed by atoms with Crippen LogP contribution in [-0.4, -0.2) is 46.8 Å². The van der Waals surface area contributed by atoms with Crippen molar-refractivity contribution in [3.63, 3.8) is 0 Å². The van der Waals surface area contributed by atoms with Crippen molar-refractivity contribution < 1.29 is 4.79 Å². The molecule has 2 heterocycles. The second-order valence-electron chi connectivity index (χ2n) is 6.65. The molecule has 0 saturated carbocycles.